The fourth-order valence-corrected chi connectivity index (χ4v) is 6.06. The molecule has 10 nitrogen and oxygen atoms in total. The SMILES string of the molecule is C=CCc1cc(N(C)C)c2c(c1O)C(O)=C1C(=O)C3(O)C(O)=C(C(N)=O)C(=O)[C@@H](N(C)C)[C@@H]3C[C@@H]1C2. The molecule has 10 heteroatoms. The molecule has 1 aromatic rings. The summed E-state index contributed by atoms with van der Waals surface area (Å²) < 4.78 is 0. The predicted molar refractivity (Wildman–Crippen MR) is 132 cm³/mol. The topological polar surface area (TPSA) is 165 Å². The Hall–Kier alpha value is -3.63. The van der Waals surface area contributed by atoms with Gasteiger partial charge in [0.1, 0.15) is 22.8 Å². The Kier molecular flexibility index (Phi) is 6.01. The molecule has 0 aromatic heterocycles. The first-order valence-electron chi connectivity index (χ1n) is 11.6. The number of nitrogens with two attached hydrogens (primary N) is 1. The molecular formula is C26H31N3O7. The van der Waals surface area contributed by atoms with Crippen molar-refractivity contribution in [2.24, 2.45) is 17.6 Å². The molecule has 192 valence electrons. The molecular weight excluding hydrogens is 466 g/mol. The summed E-state index contributed by atoms with van der Waals surface area (Å²) >= 11 is 0. The highest BCUT2D eigenvalue weighted by atomic mass is 16.3. The molecule has 4 rings (SSSR count). The summed E-state index contributed by atoms with van der Waals surface area (Å²) in [5.41, 5.74) is 3.62. The molecule has 1 aromatic carbocycles. The summed E-state index contributed by atoms with van der Waals surface area (Å²) in [7, 11) is 6.77. The van der Waals surface area contributed by atoms with Crippen LogP contribution in [0.3, 0.4) is 0 Å². The summed E-state index contributed by atoms with van der Waals surface area (Å²) in [6, 6.07) is 0.689. The number of phenols is 1. The van der Waals surface area contributed by atoms with Crippen LogP contribution in [0.1, 0.15) is 23.1 Å². The number of phenolic OH excluding ortho intramolecular Hbond substituents is 1. The highest BCUT2D eigenvalue weighted by Gasteiger charge is 2.64. The van der Waals surface area contributed by atoms with Crippen molar-refractivity contribution in [3.05, 3.63) is 52.3 Å². The Morgan fingerprint density at radius 3 is 2.39 bits per heavy atom. The number of aliphatic hydroxyl groups excluding tert-OH is 2. The number of fused-ring (bicyclic) bond motifs is 3. The lowest BCUT2D eigenvalue weighted by atomic mass is 9.57. The van der Waals surface area contributed by atoms with Crippen LogP contribution in [0.2, 0.25) is 0 Å². The van der Waals surface area contributed by atoms with Gasteiger partial charge in [0.25, 0.3) is 5.91 Å². The normalized spacial score (nSPS) is 27.6. The van der Waals surface area contributed by atoms with Crippen LogP contribution >= 0.6 is 0 Å². The van der Waals surface area contributed by atoms with Crippen molar-refractivity contribution in [2.45, 2.75) is 30.9 Å². The maximum absolute atomic E-state index is 13.9. The molecule has 1 amide bonds. The van der Waals surface area contributed by atoms with Gasteiger partial charge < -0.3 is 31.1 Å². The van der Waals surface area contributed by atoms with Gasteiger partial charge in [-0.2, -0.15) is 0 Å². The molecule has 3 aliphatic rings. The summed E-state index contributed by atoms with van der Waals surface area (Å²) in [4.78, 5) is 42.4. The van der Waals surface area contributed by atoms with Gasteiger partial charge in [-0.25, -0.2) is 0 Å². The van der Waals surface area contributed by atoms with Crippen molar-refractivity contribution < 1.29 is 34.8 Å². The average molecular weight is 498 g/mol. The number of aromatic hydroxyl groups is 1. The third kappa shape index (κ3) is 3.28. The van der Waals surface area contributed by atoms with Crippen LogP contribution in [-0.2, 0) is 27.2 Å². The predicted octanol–water partition coefficient (Wildman–Crippen LogP) is 0.759. The second-order valence-electron chi connectivity index (χ2n) is 10.1. The summed E-state index contributed by atoms with van der Waals surface area (Å²) in [6.07, 6.45) is 2.20. The number of likely N-dealkylation sites (N-methyl/N-ethyl adjacent to an activating group) is 1. The van der Waals surface area contributed by atoms with Gasteiger partial charge in [0.05, 0.1) is 11.6 Å². The number of Topliss-reactive ketones (excluding diaryl/α,β-unsaturated/α-hetero) is 2. The molecule has 36 heavy (non-hydrogen) atoms. The molecule has 1 saturated carbocycles. The minimum absolute atomic E-state index is 0.0494. The van der Waals surface area contributed by atoms with Gasteiger partial charge in [-0.1, -0.05) is 6.08 Å². The van der Waals surface area contributed by atoms with Gasteiger partial charge in [-0.15, -0.1) is 6.58 Å². The van der Waals surface area contributed by atoms with E-state index in [1.807, 2.05) is 19.0 Å². The summed E-state index contributed by atoms with van der Waals surface area (Å²) in [6.45, 7) is 3.70. The Morgan fingerprint density at radius 1 is 1.22 bits per heavy atom. The van der Waals surface area contributed by atoms with Crippen LogP contribution in [0.5, 0.6) is 5.75 Å². The quantitative estimate of drug-likeness (QED) is 0.292. The van der Waals surface area contributed by atoms with E-state index in [1.165, 1.54) is 4.90 Å². The summed E-state index contributed by atoms with van der Waals surface area (Å²) in [5.74, 6) is -6.59. The van der Waals surface area contributed by atoms with Gasteiger partial charge in [0, 0.05) is 36.8 Å². The number of allylic oxidation sites excluding steroid dienone is 1. The fourth-order valence-electron chi connectivity index (χ4n) is 6.06. The van der Waals surface area contributed by atoms with E-state index < -0.39 is 58.0 Å². The monoisotopic (exact) mass is 497 g/mol. The maximum atomic E-state index is 13.9. The minimum atomic E-state index is -2.65. The van der Waals surface area contributed by atoms with Crippen LogP contribution in [-0.4, -0.2) is 82.6 Å². The zero-order chi connectivity index (χ0) is 26.9. The molecule has 6 N–H and O–H groups in total. The number of primary amides is 1. The molecule has 0 spiro atoms. The first-order valence-corrected chi connectivity index (χ1v) is 11.6. The van der Waals surface area contributed by atoms with E-state index >= 15 is 0 Å². The largest absolute Gasteiger partial charge is 0.508 e. The Labute approximate surface area is 208 Å². The van der Waals surface area contributed by atoms with Gasteiger partial charge in [-0.3, -0.25) is 19.3 Å². The number of rotatable bonds is 5. The van der Waals surface area contributed by atoms with Crippen LogP contribution in [0, 0.1) is 11.8 Å². The lowest BCUT2D eigenvalue weighted by molar-refractivity contribution is -0.153. The standard InChI is InChI=1S/C26H31N3O7/c1-6-7-11-10-15(28(2)3)13-8-12-9-14-19(29(4)5)22(32)18(25(27)35)24(34)26(14,36)23(33)16(12)21(31)17(13)20(11)30/h6,10,12,14,19,30-31,34,36H,1,7-9H2,2-5H3,(H2,27,35)/t12-,14-,19-,26?/m0/s1. The molecule has 1 unspecified atom stereocenters. The highest BCUT2D eigenvalue weighted by molar-refractivity contribution is 6.24. The molecule has 0 bridgehead atoms. The first kappa shape index (κ1) is 25.5. The summed E-state index contributed by atoms with van der Waals surface area (Å²) in [5, 5.41) is 45.0. The number of amides is 1. The number of hydrogen-bond donors (Lipinski definition) is 5. The van der Waals surface area contributed by atoms with Crippen molar-refractivity contribution in [3.63, 3.8) is 0 Å². The Morgan fingerprint density at radius 2 is 1.86 bits per heavy atom. The second-order valence-corrected chi connectivity index (χ2v) is 10.1. The molecule has 0 saturated heterocycles. The molecule has 1 fully saturated rings. The third-order valence-electron chi connectivity index (χ3n) is 7.62. The molecule has 4 atom stereocenters. The highest BCUT2D eigenvalue weighted by Crippen LogP contribution is 2.54. The van der Waals surface area contributed by atoms with Crippen molar-refractivity contribution in [1.29, 1.82) is 0 Å². The van der Waals surface area contributed by atoms with Crippen LogP contribution in [0.15, 0.2) is 35.6 Å². The second kappa shape index (κ2) is 8.49. The fraction of sp³-hybridized carbons (Fsp3) is 0.423. The van der Waals surface area contributed by atoms with E-state index in [0.29, 0.717) is 17.5 Å². The van der Waals surface area contributed by atoms with Gasteiger partial charge in [0.15, 0.2) is 11.4 Å². The number of hydrogen-bond acceptors (Lipinski definition) is 9. The molecule has 3 aliphatic carbocycles. The number of benzene rings is 1. The number of carbonyl (C=O) groups excluding carboxylic acids is 3. The van der Waals surface area contributed by atoms with Crippen LogP contribution in [0.4, 0.5) is 5.69 Å². The van der Waals surface area contributed by atoms with Crippen LogP contribution < -0.4 is 10.6 Å². The van der Waals surface area contributed by atoms with E-state index in [2.05, 4.69) is 6.58 Å². The number of anilines is 1. The zero-order valence-electron chi connectivity index (χ0n) is 20.7. The van der Waals surface area contributed by atoms with E-state index in [0.717, 1.165) is 5.69 Å². The van der Waals surface area contributed by atoms with Gasteiger partial charge in [0.2, 0.25) is 5.78 Å². The van der Waals surface area contributed by atoms with Crippen molar-refractivity contribution in [1.82, 2.24) is 4.90 Å². The lowest BCUT2D eigenvalue weighted by Crippen LogP contribution is -2.65. The van der Waals surface area contributed by atoms with Gasteiger partial charge >= 0.3 is 0 Å². The molecule has 0 aliphatic heterocycles. The molecule has 0 heterocycles. The third-order valence-corrected chi connectivity index (χ3v) is 7.62. The van der Waals surface area contributed by atoms with Crippen LogP contribution in [0.25, 0.3) is 5.76 Å². The Balaban J connectivity index is 2.01. The van der Waals surface area contributed by atoms with Crippen molar-refractivity contribution >= 4 is 28.9 Å². The smallest absolute Gasteiger partial charge is 0.255 e. The number of nitrogens with zero attached hydrogens (tertiary/aromatic N) is 2. The lowest BCUT2D eigenvalue weighted by Gasteiger charge is -2.50. The van der Waals surface area contributed by atoms with E-state index in [-0.39, 0.29) is 29.7 Å². The van der Waals surface area contributed by atoms with Gasteiger partial charge in [-0.05, 0) is 50.9 Å². The number of ketones is 2. The maximum Gasteiger partial charge on any atom is 0.255 e. The van der Waals surface area contributed by atoms with E-state index in [9.17, 15) is 34.8 Å². The van der Waals surface area contributed by atoms with Crippen molar-refractivity contribution in [3.8, 4) is 5.75 Å². The number of carbonyl (C=O) groups is 3. The van der Waals surface area contributed by atoms with E-state index in [1.54, 1.807) is 26.2 Å². The number of aliphatic hydroxyl groups is 3. The molecule has 0 radical (unpaired) electrons. The minimum Gasteiger partial charge on any atom is -0.508 e. The van der Waals surface area contributed by atoms with E-state index in [4.69, 9.17) is 5.73 Å². The first-order chi connectivity index (χ1) is 16.8. The van der Waals surface area contributed by atoms with Crippen molar-refractivity contribution in [2.75, 3.05) is 33.1 Å². The zero-order valence-corrected chi connectivity index (χ0v) is 20.7. The average Bonchev–Trinajstić information content (AvgIpc) is 2.77. The Bertz CT molecular complexity index is 1280.